The lowest BCUT2D eigenvalue weighted by molar-refractivity contribution is -0.136. The van der Waals surface area contributed by atoms with Gasteiger partial charge in [-0.1, -0.05) is 11.6 Å². The Balaban J connectivity index is 2.20. The van der Waals surface area contributed by atoms with Crippen LogP contribution < -0.4 is 5.63 Å². The third kappa shape index (κ3) is 3.45. The van der Waals surface area contributed by atoms with Gasteiger partial charge in [-0.25, -0.2) is 9.00 Å². The van der Waals surface area contributed by atoms with Gasteiger partial charge in [0.2, 0.25) is 0 Å². The highest BCUT2D eigenvalue weighted by molar-refractivity contribution is 7.79. The minimum absolute atomic E-state index is 0.0642. The molecule has 1 atom stereocenters. The number of aliphatic carboxylic acids is 1. The van der Waals surface area contributed by atoms with Crippen molar-refractivity contribution in [1.82, 2.24) is 0 Å². The molecule has 0 amide bonds. The fourth-order valence-electron chi connectivity index (χ4n) is 2.25. The summed E-state index contributed by atoms with van der Waals surface area (Å²) >= 11 is 4.38. The van der Waals surface area contributed by atoms with Gasteiger partial charge < -0.3 is 19.2 Å². The molecule has 0 radical (unpaired) electrons. The zero-order valence-corrected chi connectivity index (χ0v) is 14.6. The number of carboxylic acids is 1. The summed E-state index contributed by atoms with van der Waals surface area (Å²) in [6, 6.07) is 5.38. The number of phenolic OH excluding ortho intramolecular Hbond substituents is 1. The molecule has 2 heterocycles. The van der Waals surface area contributed by atoms with Crippen LogP contribution in [-0.2, 0) is 22.3 Å². The maximum absolute atomic E-state index is 12.2. The van der Waals surface area contributed by atoms with Gasteiger partial charge in [-0.3, -0.25) is 4.79 Å². The number of fused-ring (bicyclic) bond motifs is 1. The highest BCUT2D eigenvalue weighted by atomic mass is 35.5. The Morgan fingerprint density at radius 3 is 2.64 bits per heavy atom. The van der Waals surface area contributed by atoms with Gasteiger partial charge in [0, 0.05) is 21.2 Å². The highest BCUT2D eigenvalue weighted by Crippen LogP contribution is 2.35. The van der Waals surface area contributed by atoms with Crippen molar-refractivity contribution in [2.75, 3.05) is 0 Å². The third-order valence-corrected chi connectivity index (χ3v) is 5.68. The number of thiophene rings is 1. The molecular formula is C15H9ClO7S2. The number of aromatic hydroxyl groups is 1. The number of hydrogen-bond acceptors (Lipinski definition) is 6. The van der Waals surface area contributed by atoms with Crippen molar-refractivity contribution in [1.29, 1.82) is 0 Å². The molecule has 25 heavy (non-hydrogen) atoms. The van der Waals surface area contributed by atoms with Crippen LogP contribution in [0.4, 0.5) is 0 Å². The van der Waals surface area contributed by atoms with E-state index in [1.54, 1.807) is 0 Å². The topological polar surface area (TPSA) is 125 Å². The van der Waals surface area contributed by atoms with E-state index in [1.807, 2.05) is 0 Å². The molecule has 0 aliphatic carbocycles. The van der Waals surface area contributed by atoms with Gasteiger partial charge in [-0.05, 0) is 18.2 Å². The summed E-state index contributed by atoms with van der Waals surface area (Å²) in [7, 11) is 0. The van der Waals surface area contributed by atoms with Crippen LogP contribution in [0.15, 0.2) is 38.4 Å². The van der Waals surface area contributed by atoms with Crippen molar-refractivity contribution in [3.8, 4) is 16.2 Å². The molecule has 0 fully saturated rings. The molecule has 0 saturated heterocycles. The normalized spacial score (nSPS) is 12.4. The van der Waals surface area contributed by atoms with Gasteiger partial charge >= 0.3 is 11.6 Å². The number of benzene rings is 1. The molecule has 1 unspecified atom stereocenters. The number of rotatable bonds is 4. The molecule has 130 valence electrons. The Hall–Kier alpha value is -2.20. The molecule has 7 nitrogen and oxygen atoms in total. The predicted molar refractivity (Wildman–Crippen MR) is 92.8 cm³/mol. The first-order valence-corrected chi connectivity index (χ1v) is 8.98. The highest BCUT2D eigenvalue weighted by Gasteiger charge is 2.19. The maximum Gasteiger partial charge on any atom is 0.345 e. The second kappa shape index (κ2) is 6.60. The maximum atomic E-state index is 12.2. The monoisotopic (exact) mass is 400 g/mol. The van der Waals surface area contributed by atoms with Gasteiger partial charge in [0.05, 0.1) is 21.9 Å². The van der Waals surface area contributed by atoms with Crippen LogP contribution >= 0.6 is 22.9 Å². The number of halogens is 1. The average molecular weight is 401 g/mol. The zero-order valence-electron chi connectivity index (χ0n) is 12.2. The van der Waals surface area contributed by atoms with E-state index in [0.29, 0.717) is 10.3 Å². The number of carboxylic acid groups (broad SMARTS) is 1. The first-order chi connectivity index (χ1) is 11.8. The summed E-state index contributed by atoms with van der Waals surface area (Å²) in [6.07, 6.45) is -0.440. The molecule has 0 spiro atoms. The summed E-state index contributed by atoms with van der Waals surface area (Å²) in [5, 5.41) is 19.0. The Labute approximate surface area is 151 Å². The van der Waals surface area contributed by atoms with E-state index in [0.717, 1.165) is 11.3 Å². The summed E-state index contributed by atoms with van der Waals surface area (Å²) in [6.45, 7) is 0. The van der Waals surface area contributed by atoms with Crippen LogP contribution in [0.3, 0.4) is 0 Å². The fourth-order valence-corrected chi connectivity index (χ4v) is 4.37. The second-order valence-corrected chi connectivity index (χ2v) is 7.49. The van der Waals surface area contributed by atoms with Crippen LogP contribution in [0.2, 0.25) is 5.02 Å². The van der Waals surface area contributed by atoms with E-state index in [9.17, 15) is 23.5 Å². The summed E-state index contributed by atoms with van der Waals surface area (Å²) in [5.74, 6) is -1.39. The Morgan fingerprint density at radius 1 is 1.28 bits per heavy atom. The lowest BCUT2D eigenvalue weighted by Crippen LogP contribution is -2.01. The van der Waals surface area contributed by atoms with Crippen LogP contribution in [0.1, 0.15) is 4.88 Å². The van der Waals surface area contributed by atoms with E-state index in [-0.39, 0.29) is 31.7 Å². The molecule has 1 aromatic carbocycles. The Kier molecular flexibility index (Phi) is 4.65. The molecular weight excluding hydrogens is 392 g/mol. The number of phenols is 1. The Bertz CT molecular complexity index is 1080. The Morgan fingerprint density at radius 2 is 2.00 bits per heavy atom. The largest absolute Gasteiger partial charge is 0.506 e. The van der Waals surface area contributed by atoms with E-state index in [2.05, 4.69) is 0 Å². The molecule has 3 N–H and O–H groups in total. The minimum atomic E-state index is -2.39. The first kappa shape index (κ1) is 17.6. The SMILES string of the molecule is O=C(O)Cc1sc(-c2cc3cc(Cl)c(O)cc3oc2=O)cc1S(=O)O. The van der Waals surface area contributed by atoms with E-state index in [4.69, 9.17) is 21.1 Å². The molecule has 0 aliphatic heterocycles. The van der Waals surface area contributed by atoms with E-state index < -0.39 is 29.1 Å². The van der Waals surface area contributed by atoms with E-state index in [1.165, 1.54) is 24.3 Å². The molecule has 0 saturated carbocycles. The molecule has 0 bridgehead atoms. The standard InChI is InChI=1S/C15H9ClO7S2/c16-8-2-6-1-7(15(20)23-10(6)3-9(8)17)11-4-13(25(21)22)12(24-11)5-14(18)19/h1-4,17H,5H2,(H,18,19)(H,21,22). The van der Waals surface area contributed by atoms with Crippen molar-refractivity contribution in [2.45, 2.75) is 11.3 Å². The minimum Gasteiger partial charge on any atom is -0.506 e. The summed E-state index contributed by atoms with van der Waals surface area (Å²) < 4.78 is 25.9. The quantitative estimate of drug-likeness (QED) is 0.454. The van der Waals surface area contributed by atoms with Crippen LogP contribution in [0, 0.1) is 0 Å². The number of hydrogen-bond donors (Lipinski definition) is 3. The summed E-state index contributed by atoms with van der Waals surface area (Å²) in [5.41, 5.74) is -0.501. The van der Waals surface area contributed by atoms with Crippen LogP contribution in [0.5, 0.6) is 5.75 Å². The fraction of sp³-hybridized carbons (Fsp3) is 0.0667. The molecule has 2 aromatic heterocycles. The second-order valence-electron chi connectivity index (χ2n) is 5.01. The van der Waals surface area contributed by atoms with Gasteiger partial charge in [0.1, 0.15) is 11.3 Å². The number of carbonyl (C=O) groups is 1. The summed E-state index contributed by atoms with van der Waals surface area (Å²) in [4.78, 5) is 23.5. The molecule has 10 heteroatoms. The van der Waals surface area contributed by atoms with Crippen molar-refractivity contribution >= 4 is 51.0 Å². The van der Waals surface area contributed by atoms with Crippen molar-refractivity contribution < 1.29 is 28.2 Å². The molecule has 0 aliphatic rings. The van der Waals surface area contributed by atoms with Crippen molar-refractivity contribution in [3.05, 3.63) is 44.6 Å². The van der Waals surface area contributed by atoms with Crippen LogP contribution in [-0.4, -0.2) is 24.9 Å². The van der Waals surface area contributed by atoms with E-state index >= 15 is 0 Å². The van der Waals surface area contributed by atoms with Crippen molar-refractivity contribution in [3.63, 3.8) is 0 Å². The predicted octanol–water partition coefficient (Wildman–Crippen LogP) is 3.09. The van der Waals surface area contributed by atoms with Crippen LogP contribution in [0.25, 0.3) is 21.4 Å². The van der Waals surface area contributed by atoms with Gasteiger partial charge in [-0.2, -0.15) is 0 Å². The third-order valence-electron chi connectivity index (χ3n) is 3.34. The molecule has 3 aromatic rings. The van der Waals surface area contributed by atoms with Gasteiger partial charge in [-0.15, -0.1) is 11.3 Å². The lowest BCUT2D eigenvalue weighted by Gasteiger charge is -2.02. The van der Waals surface area contributed by atoms with Gasteiger partial charge in [0.15, 0.2) is 11.1 Å². The van der Waals surface area contributed by atoms with Crippen molar-refractivity contribution in [2.24, 2.45) is 0 Å². The smallest absolute Gasteiger partial charge is 0.345 e. The zero-order chi connectivity index (χ0) is 18.3. The average Bonchev–Trinajstić information content (AvgIpc) is 2.91. The molecule has 3 rings (SSSR count). The van der Waals surface area contributed by atoms with Gasteiger partial charge in [0.25, 0.3) is 0 Å². The lowest BCUT2D eigenvalue weighted by atomic mass is 10.1. The first-order valence-electron chi connectivity index (χ1n) is 6.68.